The molecule has 1 aromatic heterocycles. The number of likely N-dealkylation sites (N-methyl/N-ethyl adjacent to an activating group) is 1. The third kappa shape index (κ3) is 5.48. The van der Waals surface area contributed by atoms with Gasteiger partial charge in [-0.05, 0) is 49.0 Å². The van der Waals surface area contributed by atoms with Gasteiger partial charge in [-0.25, -0.2) is 17.8 Å². The van der Waals surface area contributed by atoms with Gasteiger partial charge in [0.1, 0.15) is 0 Å². The molecular weight excluding hydrogens is 457 g/mol. The first-order valence-electron chi connectivity index (χ1n) is 10.7. The van der Waals surface area contributed by atoms with Gasteiger partial charge in [0.2, 0.25) is 16.0 Å². The maximum Gasteiger partial charge on any atom is 0.243 e. The van der Waals surface area contributed by atoms with Gasteiger partial charge in [-0.15, -0.1) is 0 Å². The monoisotopic (exact) mass is 481 g/mol. The van der Waals surface area contributed by atoms with Crippen molar-refractivity contribution >= 4 is 33.2 Å². The van der Waals surface area contributed by atoms with Crippen LogP contribution in [0.3, 0.4) is 0 Å². The van der Waals surface area contributed by atoms with Crippen LogP contribution in [0.1, 0.15) is 5.56 Å². The molecule has 0 atom stereocenters. The highest BCUT2D eigenvalue weighted by Gasteiger charge is 2.27. The Labute approximate surface area is 197 Å². The summed E-state index contributed by atoms with van der Waals surface area (Å²) in [6, 6.07) is 15.4. The zero-order valence-electron chi connectivity index (χ0n) is 18.6. The van der Waals surface area contributed by atoms with E-state index in [-0.39, 0.29) is 16.7 Å². The fourth-order valence-corrected chi connectivity index (χ4v) is 4.89. The summed E-state index contributed by atoms with van der Waals surface area (Å²) in [5.41, 5.74) is 2.04. The topological polar surface area (TPSA) is 114 Å². The third-order valence-corrected chi connectivity index (χ3v) is 7.37. The zero-order chi connectivity index (χ0) is 24.1. The van der Waals surface area contributed by atoms with Gasteiger partial charge < -0.3 is 15.5 Å². The van der Waals surface area contributed by atoms with E-state index < -0.39 is 15.8 Å². The Hall–Kier alpha value is -3.59. The van der Waals surface area contributed by atoms with E-state index in [1.165, 1.54) is 16.4 Å². The molecule has 2 aromatic carbocycles. The summed E-state index contributed by atoms with van der Waals surface area (Å²) >= 11 is 0. The van der Waals surface area contributed by atoms with Crippen LogP contribution in [-0.4, -0.2) is 60.8 Å². The Morgan fingerprint density at radius 1 is 1.00 bits per heavy atom. The first-order valence-corrected chi connectivity index (χ1v) is 12.1. The summed E-state index contributed by atoms with van der Waals surface area (Å²) in [4.78, 5) is 10.4. The number of nitriles is 1. The van der Waals surface area contributed by atoms with Crippen molar-refractivity contribution in [3.05, 3.63) is 66.1 Å². The van der Waals surface area contributed by atoms with Crippen LogP contribution in [0.15, 0.2) is 59.6 Å². The SMILES string of the molecule is CN1CCN(S(=O)(=O)c2ccc(Nc3ncc(F)c(Nc4ccc(CC#N)cc4)n3)cc2)CC1. The number of piperazine rings is 1. The lowest BCUT2D eigenvalue weighted by atomic mass is 10.1. The molecule has 3 aromatic rings. The van der Waals surface area contributed by atoms with Gasteiger partial charge in [0.25, 0.3) is 0 Å². The van der Waals surface area contributed by atoms with Crippen molar-refractivity contribution in [3.63, 3.8) is 0 Å². The Balaban J connectivity index is 1.45. The van der Waals surface area contributed by atoms with Gasteiger partial charge in [0.15, 0.2) is 11.6 Å². The van der Waals surface area contributed by atoms with Crippen LogP contribution < -0.4 is 10.6 Å². The minimum atomic E-state index is -3.56. The van der Waals surface area contributed by atoms with Gasteiger partial charge in [0, 0.05) is 37.6 Å². The molecule has 0 saturated carbocycles. The molecule has 2 heterocycles. The number of sulfonamides is 1. The Morgan fingerprint density at radius 2 is 1.62 bits per heavy atom. The lowest BCUT2D eigenvalue weighted by Crippen LogP contribution is -2.46. The first-order chi connectivity index (χ1) is 16.3. The smallest absolute Gasteiger partial charge is 0.243 e. The maximum atomic E-state index is 14.2. The van der Waals surface area contributed by atoms with E-state index in [0.29, 0.717) is 44.0 Å². The van der Waals surface area contributed by atoms with Crippen molar-refractivity contribution in [3.8, 4) is 6.07 Å². The highest BCUT2D eigenvalue weighted by Crippen LogP contribution is 2.23. The van der Waals surface area contributed by atoms with E-state index >= 15 is 0 Å². The summed E-state index contributed by atoms with van der Waals surface area (Å²) in [7, 11) is -1.59. The van der Waals surface area contributed by atoms with Gasteiger partial charge >= 0.3 is 0 Å². The number of hydrogen-bond donors (Lipinski definition) is 2. The van der Waals surface area contributed by atoms with Crippen LogP contribution in [-0.2, 0) is 16.4 Å². The van der Waals surface area contributed by atoms with Crippen LogP contribution in [0.5, 0.6) is 0 Å². The van der Waals surface area contributed by atoms with Crippen molar-refractivity contribution in [2.75, 3.05) is 43.9 Å². The molecule has 0 amide bonds. The van der Waals surface area contributed by atoms with Crippen LogP contribution in [0.25, 0.3) is 0 Å². The molecular formula is C23H24FN7O2S. The minimum Gasteiger partial charge on any atom is -0.338 e. The van der Waals surface area contributed by atoms with Crippen molar-refractivity contribution < 1.29 is 12.8 Å². The van der Waals surface area contributed by atoms with E-state index in [0.717, 1.165) is 11.8 Å². The zero-order valence-corrected chi connectivity index (χ0v) is 19.4. The van der Waals surface area contributed by atoms with Crippen LogP contribution in [0.2, 0.25) is 0 Å². The number of hydrogen-bond acceptors (Lipinski definition) is 8. The fraction of sp³-hybridized carbons (Fsp3) is 0.261. The number of aromatic nitrogens is 2. The maximum absolute atomic E-state index is 14.2. The van der Waals surface area contributed by atoms with E-state index in [1.807, 2.05) is 7.05 Å². The molecule has 34 heavy (non-hydrogen) atoms. The first kappa shape index (κ1) is 23.6. The average molecular weight is 482 g/mol. The average Bonchev–Trinajstić information content (AvgIpc) is 2.83. The quantitative estimate of drug-likeness (QED) is 0.529. The van der Waals surface area contributed by atoms with Crippen molar-refractivity contribution in [2.45, 2.75) is 11.3 Å². The molecule has 176 valence electrons. The molecule has 1 fully saturated rings. The molecule has 1 aliphatic heterocycles. The Morgan fingerprint density at radius 3 is 2.26 bits per heavy atom. The predicted molar refractivity (Wildman–Crippen MR) is 127 cm³/mol. The van der Waals surface area contributed by atoms with Gasteiger partial charge in [-0.1, -0.05) is 12.1 Å². The molecule has 0 unspecified atom stereocenters. The van der Waals surface area contributed by atoms with Crippen LogP contribution in [0, 0.1) is 17.1 Å². The summed E-state index contributed by atoms with van der Waals surface area (Å²) in [5, 5.41) is 14.6. The highest BCUT2D eigenvalue weighted by molar-refractivity contribution is 7.89. The lowest BCUT2D eigenvalue weighted by molar-refractivity contribution is 0.222. The number of benzene rings is 2. The molecule has 4 rings (SSSR count). The van der Waals surface area contributed by atoms with Crippen LogP contribution >= 0.6 is 0 Å². The second kappa shape index (κ2) is 10.1. The van der Waals surface area contributed by atoms with E-state index in [1.54, 1.807) is 36.4 Å². The third-order valence-electron chi connectivity index (χ3n) is 5.45. The largest absolute Gasteiger partial charge is 0.338 e. The molecule has 0 radical (unpaired) electrons. The second-order valence-corrected chi connectivity index (χ2v) is 9.84. The Bertz CT molecular complexity index is 1280. The normalized spacial score (nSPS) is 15.0. The molecule has 1 aliphatic rings. The van der Waals surface area contributed by atoms with Gasteiger partial charge in [0.05, 0.1) is 23.6 Å². The molecule has 0 aliphatic carbocycles. The highest BCUT2D eigenvalue weighted by atomic mass is 32.2. The molecule has 1 saturated heterocycles. The standard InChI is InChI=1S/C23H24FN7O2S/c1-30-12-14-31(15-13-30)34(32,33)20-8-6-19(7-9-20)28-23-26-16-21(24)22(29-23)27-18-4-2-17(3-5-18)10-11-25/h2-9,16H,10,12-15H2,1H3,(H2,26,27,28,29). The van der Waals surface area contributed by atoms with E-state index in [9.17, 15) is 12.8 Å². The Kier molecular flexibility index (Phi) is 7.02. The van der Waals surface area contributed by atoms with Crippen molar-refractivity contribution in [1.82, 2.24) is 19.2 Å². The van der Waals surface area contributed by atoms with Gasteiger partial charge in [-0.2, -0.15) is 14.6 Å². The number of rotatable bonds is 7. The minimum absolute atomic E-state index is 0.0141. The number of anilines is 4. The van der Waals surface area contributed by atoms with Gasteiger partial charge in [-0.3, -0.25) is 0 Å². The van der Waals surface area contributed by atoms with Crippen molar-refractivity contribution in [1.29, 1.82) is 5.26 Å². The predicted octanol–water partition coefficient (Wildman–Crippen LogP) is 3.11. The molecule has 0 bridgehead atoms. The van der Waals surface area contributed by atoms with E-state index in [2.05, 4.69) is 31.6 Å². The number of nitrogens with one attached hydrogen (secondary N) is 2. The molecule has 9 nitrogen and oxygen atoms in total. The van der Waals surface area contributed by atoms with Crippen LogP contribution in [0.4, 0.5) is 27.5 Å². The fourth-order valence-electron chi connectivity index (χ4n) is 3.47. The molecule has 0 spiro atoms. The van der Waals surface area contributed by atoms with Crippen molar-refractivity contribution in [2.24, 2.45) is 0 Å². The summed E-state index contributed by atoms with van der Waals surface area (Å²) in [6.07, 6.45) is 1.35. The molecule has 11 heteroatoms. The number of halogens is 1. The summed E-state index contributed by atoms with van der Waals surface area (Å²) in [5.74, 6) is -0.486. The number of nitrogens with zero attached hydrogens (tertiary/aromatic N) is 5. The van der Waals surface area contributed by atoms with E-state index in [4.69, 9.17) is 5.26 Å². The summed E-state index contributed by atoms with van der Waals surface area (Å²) in [6.45, 7) is 2.31. The molecule has 2 N–H and O–H groups in total. The second-order valence-electron chi connectivity index (χ2n) is 7.90. The summed E-state index contributed by atoms with van der Waals surface area (Å²) < 4.78 is 41.5. The lowest BCUT2D eigenvalue weighted by Gasteiger charge is -2.31.